The van der Waals surface area contributed by atoms with Crippen LogP contribution in [0.1, 0.15) is 67.5 Å². The smallest absolute Gasteiger partial charge is 0.237 e. The van der Waals surface area contributed by atoms with Crippen molar-refractivity contribution in [3.63, 3.8) is 0 Å². The molecule has 0 radical (unpaired) electrons. The van der Waals surface area contributed by atoms with E-state index >= 15 is 22.0 Å². The number of allylic oxidation sites excluding steroid dienone is 5. The standard InChI is InChI=1S/C31H4F10N6.C18N12.C12F4N4/c1-9-11(5-42)15(32)4-10(21(9)33)12(6-43)16-17(13(7-44)18-24(36)28(40)31(47-3)29(41)25(18)37)19(16)30(46-2)20-26(38)22(34)14(8-45)23(35)27(20)39;19-1-7-8(2-20)26-14-13(25-7)15-17(29-10(4-22)9(3-21)27-15)18-16(14)28-11(5-23)12(6-24)30-18;13-9-7(5(1-17)2-18)10(14)12(16)8(11(9)15)6(3-19)4-20/h4H,1H3;;. The molecule has 0 unspecified atom stereocenters. The fourth-order valence-electron chi connectivity index (χ4n) is 8.71. The highest BCUT2D eigenvalue weighted by Gasteiger charge is 2.45. The molecular weight excluding hydrogens is 1310 g/mol. The normalized spacial score (nSPS) is 12.1. The molecule has 0 spiro atoms. The highest BCUT2D eigenvalue weighted by atomic mass is 19.2. The number of rotatable bonds is 3. The first-order valence-corrected chi connectivity index (χ1v) is 24.4. The van der Waals surface area contributed by atoms with Crippen molar-refractivity contribution in [3.05, 3.63) is 205 Å². The highest BCUT2D eigenvalue weighted by molar-refractivity contribution is 6.18. The molecule has 1 aliphatic carbocycles. The minimum Gasteiger partial charge on any atom is -0.237 e. The maximum atomic E-state index is 15.4. The maximum absolute atomic E-state index is 15.4. The predicted octanol–water partition coefficient (Wildman–Crippen LogP) is 9.66. The molecule has 36 heteroatoms. The predicted molar refractivity (Wildman–Crippen MR) is 287 cm³/mol. The quantitative estimate of drug-likeness (QED) is 0.0522. The van der Waals surface area contributed by atoms with Gasteiger partial charge in [0.25, 0.3) is 5.69 Å². The molecule has 0 N–H and O–H groups in total. The summed E-state index contributed by atoms with van der Waals surface area (Å²) < 4.78 is 203. The van der Waals surface area contributed by atoms with Crippen LogP contribution < -0.4 is 10.4 Å². The number of halogens is 14. The second kappa shape index (κ2) is 27.0. The molecule has 1 fully saturated rings. The van der Waals surface area contributed by atoms with Gasteiger partial charge in [0.05, 0.1) is 51.4 Å². The summed E-state index contributed by atoms with van der Waals surface area (Å²) in [4.78, 5) is 29.7. The van der Waals surface area contributed by atoms with Crippen molar-refractivity contribution >= 4 is 66.8 Å². The number of benzene rings is 5. The van der Waals surface area contributed by atoms with Gasteiger partial charge >= 0.3 is 0 Å². The van der Waals surface area contributed by atoms with Gasteiger partial charge in [0, 0.05) is 11.1 Å². The number of nitriles is 14. The zero-order valence-corrected chi connectivity index (χ0v) is 46.2. The lowest BCUT2D eigenvalue weighted by atomic mass is 9.97. The Labute approximate surface area is 527 Å². The van der Waals surface area contributed by atoms with Gasteiger partial charge in [-0.25, -0.2) is 101 Å². The molecule has 0 bridgehead atoms. The molecule has 22 nitrogen and oxygen atoms in total. The average Bonchev–Trinajstić information content (AvgIpc) is 1.56. The van der Waals surface area contributed by atoms with E-state index < -0.39 is 176 Å². The van der Waals surface area contributed by atoms with Gasteiger partial charge in [0.1, 0.15) is 146 Å². The second-order valence-corrected chi connectivity index (χ2v) is 17.8. The van der Waals surface area contributed by atoms with Crippen LogP contribution >= 0.6 is 0 Å². The molecule has 0 saturated heterocycles. The molecule has 5 aromatic carbocycles. The van der Waals surface area contributed by atoms with E-state index in [1.807, 2.05) is 0 Å². The first kappa shape index (κ1) is 68.4. The van der Waals surface area contributed by atoms with Crippen LogP contribution in [0, 0.1) is 260 Å². The van der Waals surface area contributed by atoms with Gasteiger partial charge in [-0.1, -0.05) is 0 Å². The molecule has 8 aromatic rings. The SMILES string of the molecule is N#CC(C#N)=c1c(F)c(F)c(=C(C#N)C#N)c(F)c1F.N#Cc1nc2c3nc(C#N)c(C#N)nc3c3nc(C#N)c(C#N)nc3c2nc1C#N.[C-]#[N+]C(=C1C(=C(C#N)c2cc(F)c(C#N)c(C)c2F)C1=C(C#N)c1c(F)c(F)c([N+]#[C-])c(F)c1F)c1c(F)c(F)c(C#N)c(F)c1F. The lowest BCUT2D eigenvalue weighted by molar-refractivity contribution is 0.434. The van der Waals surface area contributed by atoms with Crippen LogP contribution in [0.4, 0.5) is 67.2 Å². The third kappa shape index (κ3) is 11.0. The zero-order valence-electron chi connectivity index (χ0n) is 46.2. The van der Waals surface area contributed by atoms with E-state index in [1.54, 1.807) is 36.4 Å². The first-order valence-electron chi connectivity index (χ1n) is 24.4. The minimum atomic E-state index is -2.39. The van der Waals surface area contributed by atoms with Crippen molar-refractivity contribution in [3.8, 4) is 85.0 Å². The Kier molecular flexibility index (Phi) is 19.0. The lowest BCUT2D eigenvalue weighted by Gasteiger charge is -2.09. The van der Waals surface area contributed by atoms with Crippen molar-refractivity contribution in [2.24, 2.45) is 0 Å². The van der Waals surface area contributed by atoms with Crippen molar-refractivity contribution in [2.45, 2.75) is 6.92 Å². The summed E-state index contributed by atoms with van der Waals surface area (Å²) in [6.45, 7) is 15.1. The Morgan fingerprint density at radius 1 is 0.351 bits per heavy atom. The lowest BCUT2D eigenvalue weighted by Crippen LogP contribution is -2.31. The Bertz CT molecular complexity index is 5440. The molecule has 97 heavy (non-hydrogen) atoms. The van der Waals surface area contributed by atoms with Gasteiger partial charge in [-0.3, -0.25) is 0 Å². The van der Waals surface area contributed by atoms with Crippen LogP contribution in [-0.2, 0) is 0 Å². The van der Waals surface area contributed by atoms with Gasteiger partial charge in [-0.2, -0.15) is 73.7 Å². The van der Waals surface area contributed by atoms with Crippen molar-refractivity contribution in [2.75, 3.05) is 0 Å². The molecular formula is C61H4F14N22. The van der Waals surface area contributed by atoms with E-state index in [0.29, 0.717) is 0 Å². The van der Waals surface area contributed by atoms with Gasteiger partial charge in [-0.15, -0.1) is 0 Å². The van der Waals surface area contributed by atoms with Crippen LogP contribution in [-0.4, -0.2) is 29.9 Å². The van der Waals surface area contributed by atoms with Crippen LogP contribution in [0.25, 0.3) is 70.8 Å². The second-order valence-electron chi connectivity index (χ2n) is 17.8. The summed E-state index contributed by atoms with van der Waals surface area (Å²) >= 11 is 0. The molecule has 9 rings (SSSR count). The van der Waals surface area contributed by atoms with Crippen molar-refractivity contribution in [1.29, 1.82) is 73.7 Å². The molecule has 0 amide bonds. The molecule has 0 atom stereocenters. The van der Waals surface area contributed by atoms with Gasteiger partial charge in [0.15, 0.2) is 104 Å². The molecule has 0 aliphatic heterocycles. The Balaban J connectivity index is 0.000000226. The van der Waals surface area contributed by atoms with E-state index in [9.17, 15) is 81.6 Å². The Morgan fingerprint density at radius 2 is 0.660 bits per heavy atom. The van der Waals surface area contributed by atoms with Gasteiger partial charge in [-0.05, 0) is 29.7 Å². The fraction of sp³-hybridized carbons (Fsp3) is 0.0164. The number of fused-ring (bicyclic) bond motifs is 6. The summed E-state index contributed by atoms with van der Waals surface area (Å²) in [5.74, 6) is -29.9. The van der Waals surface area contributed by atoms with E-state index in [-0.39, 0.29) is 73.3 Å². The molecule has 456 valence electrons. The molecule has 3 heterocycles. The number of nitrogens with zero attached hydrogens (tertiary/aromatic N) is 22. The summed E-state index contributed by atoms with van der Waals surface area (Å²) in [6, 6.07) is 19.7. The maximum Gasteiger partial charge on any atom is 0.262 e. The van der Waals surface area contributed by atoms with Crippen molar-refractivity contribution < 1.29 is 61.5 Å². The third-order valence-corrected chi connectivity index (χ3v) is 13.0. The van der Waals surface area contributed by atoms with Crippen molar-refractivity contribution in [1.82, 2.24) is 29.9 Å². The highest BCUT2D eigenvalue weighted by Crippen LogP contribution is 2.58. The summed E-state index contributed by atoms with van der Waals surface area (Å²) in [7, 11) is 0. The molecule has 1 aliphatic rings. The van der Waals surface area contributed by atoms with E-state index in [2.05, 4.69) is 39.6 Å². The van der Waals surface area contributed by atoms with E-state index in [1.165, 1.54) is 12.1 Å². The Morgan fingerprint density at radius 3 is 0.928 bits per heavy atom. The van der Waals surface area contributed by atoms with Crippen LogP contribution in [0.5, 0.6) is 0 Å². The number of hydrogen-bond acceptors (Lipinski definition) is 20. The van der Waals surface area contributed by atoms with Crippen LogP contribution in [0.15, 0.2) is 22.8 Å². The summed E-state index contributed by atoms with van der Waals surface area (Å²) in [5, 5.41) is 125. The minimum absolute atomic E-state index is 0.0237. The third-order valence-electron chi connectivity index (χ3n) is 13.0. The largest absolute Gasteiger partial charge is 0.262 e. The summed E-state index contributed by atoms with van der Waals surface area (Å²) in [5.41, 5.74) is -21.8. The topological polar surface area (TPSA) is 419 Å². The van der Waals surface area contributed by atoms with Crippen LogP contribution in [0.3, 0.4) is 0 Å². The number of aromatic nitrogens is 6. The average molecular weight is 1310 g/mol. The fourth-order valence-corrected chi connectivity index (χ4v) is 8.71. The molecule has 1 saturated carbocycles. The van der Waals surface area contributed by atoms with E-state index in [4.69, 9.17) is 44.7 Å². The zero-order chi connectivity index (χ0) is 72.1. The molecule has 3 aromatic heterocycles. The monoisotopic (exact) mass is 1310 g/mol. The van der Waals surface area contributed by atoms with Crippen LogP contribution in [0.2, 0.25) is 0 Å². The van der Waals surface area contributed by atoms with Gasteiger partial charge < -0.3 is 0 Å². The number of hydrogen-bond donors (Lipinski definition) is 0. The Hall–Kier alpha value is -16.1. The van der Waals surface area contributed by atoms with Gasteiger partial charge in [0.2, 0.25) is 5.70 Å². The first-order chi connectivity index (χ1) is 46.2. The summed E-state index contributed by atoms with van der Waals surface area (Å²) in [6.07, 6.45) is 0. The van der Waals surface area contributed by atoms with E-state index in [0.717, 1.165) is 43.3 Å².